The van der Waals surface area contributed by atoms with Crippen LogP contribution in [0.3, 0.4) is 0 Å². The molecule has 1 aromatic carbocycles. The molecule has 0 unspecified atom stereocenters. The van der Waals surface area contributed by atoms with Gasteiger partial charge >= 0.3 is 0 Å². The molecular weight excluding hydrogens is 248 g/mol. The van der Waals surface area contributed by atoms with Crippen molar-refractivity contribution in [2.24, 2.45) is 0 Å². The van der Waals surface area contributed by atoms with Crippen LogP contribution >= 0.6 is 11.6 Å². The molecule has 1 fully saturated rings. The SMILES string of the molecule is Cc1ccc(Cl)cc1N1CCN(CCCO)CC1. The van der Waals surface area contributed by atoms with E-state index in [1.165, 1.54) is 11.3 Å². The summed E-state index contributed by atoms with van der Waals surface area (Å²) >= 11 is 6.07. The average Bonchev–Trinajstić information content (AvgIpc) is 2.40. The molecule has 3 nitrogen and oxygen atoms in total. The second kappa shape index (κ2) is 6.41. The second-order valence-electron chi connectivity index (χ2n) is 4.84. The van der Waals surface area contributed by atoms with E-state index in [4.69, 9.17) is 16.7 Å². The minimum Gasteiger partial charge on any atom is -0.396 e. The van der Waals surface area contributed by atoms with Crippen LogP contribution in [0.25, 0.3) is 0 Å². The number of aryl methyl sites for hydroxylation is 1. The van der Waals surface area contributed by atoms with Gasteiger partial charge in [-0.2, -0.15) is 0 Å². The van der Waals surface area contributed by atoms with Crippen LogP contribution in [0, 0.1) is 6.92 Å². The maximum absolute atomic E-state index is 8.84. The molecule has 1 aliphatic heterocycles. The lowest BCUT2D eigenvalue weighted by Crippen LogP contribution is -2.47. The predicted octanol–water partition coefficient (Wildman–Crippen LogP) is 2.15. The number of halogens is 1. The summed E-state index contributed by atoms with van der Waals surface area (Å²) in [5.41, 5.74) is 2.53. The quantitative estimate of drug-likeness (QED) is 0.907. The van der Waals surface area contributed by atoms with Crippen molar-refractivity contribution < 1.29 is 5.11 Å². The van der Waals surface area contributed by atoms with Crippen LogP contribution in [0.4, 0.5) is 5.69 Å². The molecule has 0 atom stereocenters. The Morgan fingerprint density at radius 2 is 1.94 bits per heavy atom. The molecule has 1 N–H and O–H groups in total. The molecule has 1 saturated heterocycles. The molecule has 1 heterocycles. The van der Waals surface area contributed by atoms with Crippen LogP contribution < -0.4 is 4.90 Å². The average molecular weight is 269 g/mol. The van der Waals surface area contributed by atoms with Crippen LogP contribution in [0.2, 0.25) is 5.02 Å². The number of hydrogen-bond donors (Lipinski definition) is 1. The molecule has 1 aliphatic rings. The lowest BCUT2D eigenvalue weighted by atomic mass is 10.1. The Bertz CT molecular complexity index is 389. The van der Waals surface area contributed by atoms with E-state index in [0.717, 1.165) is 44.2 Å². The number of rotatable bonds is 4. The van der Waals surface area contributed by atoms with Crippen molar-refractivity contribution in [3.05, 3.63) is 28.8 Å². The van der Waals surface area contributed by atoms with Gasteiger partial charge < -0.3 is 10.0 Å². The standard InChI is InChI=1S/C14H21ClN2O/c1-12-3-4-13(15)11-14(12)17-8-6-16(7-9-17)5-2-10-18/h3-4,11,18H,2,5-10H2,1H3. The Balaban J connectivity index is 1.94. The van der Waals surface area contributed by atoms with Crippen molar-refractivity contribution in [1.29, 1.82) is 0 Å². The summed E-state index contributed by atoms with van der Waals surface area (Å²) in [7, 11) is 0. The largest absolute Gasteiger partial charge is 0.396 e. The van der Waals surface area contributed by atoms with Gasteiger partial charge in [-0.3, -0.25) is 4.90 Å². The van der Waals surface area contributed by atoms with Gasteiger partial charge in [0, 0.05) is 50.0 Å². The highest BCUT2D eigenvalue weighted by molar-refractivity contribution is 6.30. The normalized spacial score (nSPS) is 17.2. The number of hydrogen-bond acceptors (Lipinski definition) is 3. The maximum atomic E-state index is 8.84. The van der Waals surface area contributed by atoms with E-state index >= 15 is 0 Å². The molecule has 1 aromatic rings. The van der Waals surface area contributed by atoms with Gasteiger partial charge in [0.15, 0.2) is 0 Å². The van der Waals surface area contributed by atoms with E-state index in [2.05, 4.69) is 28.9 Å². The van der Waals surface area contributed by atoms with Crippen molar-refractivity contribution >= 4 is 17.3 Å². The van der Waals surface area contributed by atoms with Gasteiger partial charge in [0.2, 0.25) is 0 Å². The molecule has 0 aliphatic carbocycles. The number of aliphatic hydroxyl groups excluding tert-OH is 1. The summed E-state index contributed by atoms with van der Waals surface area (Å²) in [6, 6.07) is 6.08. The zero-order chi connectivity index (χ0) is 13.0. The number of nitrogens with zero attached hydrogens (tertiary/aromatic N) is 2. The number of anilines is 1. The summed E-state index contributed by atoms with van der Waals surface area (Å²) in [5.74, 6) is 0. The Hall–Kier alpha value is -0.770. The monoisotopic (exact) mass is 268 g/mol. The molecule has 2 rings (SSSR count). The van der Waals surface area contributed by atoms with Gasteiger partial charge in [0.1, 0.15) is 0 Å². The Labute approximate surface area is 114 Å². The van der Waals surface area contributed by atoms with Gasteiger partial charge in [-0.15, -0.1) is 0 Å². The lowest BCUT2D eigenvalue weighted by Gasteiger charge is -2.36. The number of piperazine rings is 1. The highest BCUT2D eigenvalue weighted by Crippen LogP contribution is 2.25. The van der Waals surface area contributed by atoms with Crippen molar-refractivity contribution in [3.63, 3.8) is 0 Å². The molecule has 4 heteroatoms. The zero-order valence-corrected chi connectivity index (χ0v) is 11.7. The maximum Gasteiger partial charge on any atom is 0.0443 e. The first-order valence-electron chi connectivity index (χ1n) is 6.55. The molecule has 100 valence electrons. The molecule has 18 heavy (non-hydrogen) atoms. The van der Waals surface area contributed by atoms with Gasteiger partial charge in [0.25, 0.3) is 0 Å². The smallest absolute Gasteiger partial charge is 0.0443 e. The van der Waals surface area contributed by atoms with Crippen molar-refractivity contribution in [2.45, 2.75) is 13.3 Å². The number of benzene rings is 1. The van der Waals surface area contributed by atoms with Crippen LogP contribution in [0.1, 0.15) is 12.0 Å². The predicted molar refractivity (Wildman–Crippen MR) is 76.5 cm³/mol. The van der Waals surface area contributed by atoms with Gasteiger partial charge in [0.05, 0.1) is 0 Å². The fourth-order valence-corrected chi connectivity index (χ4v) is 2.60. The van der Waals surface area contributed by atoms with Gasteiger partial charge in [-0.1, -0.05) is 17.7 Å². The third kappa shape index (κ3) is 3.37. The highest BCUT2D eigenvalue weighted by atomic mass is 35.5. The van der Waals surface area contributed by atoms with Gasteiger partial charge in [-0.05, 0) is 31.0 Å². The van der Waals surface area contributed by atoms with Crippen LogP contribution in [-0.2, 0) is 0 Å². The van der Waals surface area contributed by atoms with Crippen molar-refractivity contribution in [3.8, 4) is 0 Å². The summed E-state index contributed by atoms with van der Waals surface area (Å²) in [4.78, 5) is 4.81. The summed E-state index contributed by atoms with van der Waals surface area (Å²) in [6.07, 6.45) is 0.871. The topological polar surface area (TPSA) is 26.7 Å². The van der Waals surface area contributed by atoms with E-state index in [9.17, 15) is 0 Å². The summed E-state index contributed by atoms with van der Waals surface area (Å²) < 4.78 is 0. The first-order chi connectivity index (χ1) is 8.70. The van der Waals surface area contributed by atoms with Crippen LogP contribution in [0.5, 0.6) is 0 Å². The number of aliphatic hydroxyl groups is 1. The van der Waals surface area contributed by atoms with Gasteiger partial charge in [-0.25, -0.2) is 0 Å². The molecular formula is C14H21ClN2O. The molecule has 0 radical (unpaired) electrons. The first kappa shape index (κ1) is 13.7. The third-order valence-corrected chi connectivity index (χ3v) is 3.75. The first-order valence-corrected chi connectivity index (χ1v) is 6.93. The summed E-state index contributed by atoms with van der Waals surface area (Å²) in [5, 5.41) is 9.65. The second-order valence-corrected chi connectivity index (χ2v) is 5.27. The van der Waals surface area contributed by atoms with Crippen molar-refractivity contribution in [2.75, 3.05) is 44.2 Å². The Kier molecular flexibility index (Phi) is 4.87. The van der Waals surface area contributed by atoms with Crippen molar-refractivity contribution in [1.82, 2.24) is 4.90 Å². The van der Waals surface area contributed by atoms with E-state index in [1.807, 2.05) is 6.07 Å². The molecule has 0 bridgehead atoms. The molecule has 0 saturated carbocycles. The fourth-order valence-electron chi connectivity index (χ4n) is 2.43. The Morgan fingerprint density at radius 3 is 2.61 bits per heavy atom. The zero-order valence-electron chi connectivity index (χ0n) is 10.9. The molecule has 0 aromatic heterocycles. The van der Waals surface area contributed by atoms with E-state index in [-0.39, 0.29) is 6.61 Å². The minimum atomic E-state index is 0.285. The molecule has 0 spiro atoms. The highest BCUT2D eigenvalue weighted by Gasteiger charge is 2.17. The van der Waals surface area contributed by atoms with E-state index < -0.39 is 0 Å². The Morgan fingerprint density at radius 1 is 1.22 bits per heavy atom. The minimum absolute atomic E-state index is 0.285. The molecule has 0 amide bonds. The summed E-state index contributed by atoms with van der Waals surface area (Å²) in [6.45, 7) is 7.60. The van der Waals surface area contributed by atoms with Crippen LogP contribution in [0.15, 0.2) is 18.2 Å². The fraction of sp³-hybridized carbons (Fsp3) is 0.571. The lowest BCUT2D eigenvalue weighted by molar-refractivity contribution is 0.216. The third-order valence-electron chi connectivity index (χ3n) is 3.52. The van der Waals surface area contributed by atoms with Crippen LogP contribution in [-0.4, -0.2) is 49.3 Å². The van der Waals surface area contributed by atoms with E-state index in [0.29, 0.717) is 0 Å². The van der Waals surface area contributed by atoms with E-state index in [1.54, 1.807) is 0 Å².